The number of nitrogens with one attached hydrogen (secondary N) is 1. The summed E-state index contributed by atoms with van der Waals surface area (Å²) < 4.78 is 0. The molecule has 1 aromatic rings. The van der Waals surface area contributed by atoms with Gasteiger partial charge in [0.2, 0.25) is 0 Å². The van der Waals surface area contributed by atoms with Gasteiger partial charge in [-0.2, -0.15) is 0 Å². The average molecular weight is 140 g/mol. The van der Waals surface area contributed by atoms with E-state index < -0.39 is 0 Å². The van der Waals surface area contributed by atoms with Crippen LogP contribution in [0.15, 0.2) is 18.2 Å². The minimum absolute atomic E-state index is 0.905. The van der Waals surface area contributed by atoms with Crippen LogP contribution < -0.4 is 5.32 Å². The van der Waals surface area contributed by atoms with Crippen LogP contribution >= 0.6 is 11.3 Å². The normalized spacial score (nSPS) is 9.00. The number of thiazole rings is 1. The van der Waals surface area contributed by atoms with Crippen molar-refractivity contribution >= 4 is 16.5 Å². The molecular weight excluding hydrogens is 132 g/mol. The lowest BCUT2D eigenvalue weighted by atomic mass is 10.6. The van der Waals surface area contributed by atoms with E-state index in [9.17, 15) is 0 Å². The standard InChI is InChI=1S/C6H8N2S/c1-3-7-6-8-5(2)4-9-6/h3-4H,1H2,2H3,(H,7,8). The van der Waals surface area contributed by atoms with E-state index >= 15 is 0 Å². The molecule has 0 bridgehead atoms. The second-order valence-corrected chi connectivity index (χ2v) is 2.50. The predicted octanol–water partition coefficient (Wildman–Crippen LogP) is 2.01. The SMILES string of the molecule is C=CNc1nc(C)cs1. The van der Waals surface area contributed by atoms with Crippen LogP contribution in [0.3, 0.4) is 0 Å². The van der Waals surface area contributed by atoms with E-state index in [4.69, 9.17) is 0 Å². The monoisotopic (exact) mass is 140 g/mol. The number of rotatable bonds is 2. The zero-order chi connectivity index (χ0) is 6.69. The Morgan fingerprint density at radius 1 is 1.89 bits per heavy atom. The maximum atomic E-state index is 4.14. The first-order valence-electron chi connectivity index (χ1n) is 2.62. The molecule has 9 heavy (non-hydrogen) atoms. The molecule has 0 saturated carbocycles. The Kier molecular flexibility index (Phi) is 1.85. The molecule has 0 amide bonds. The molecule has 2 nitrogen and oxygen atoms in total. The van der Waals surface area contributed by atoms with Crippen molar-refractivity contribution in [1.29, 1.82) is 0 Å². The summed E-state index contributed by atoms with van der Waals surface area (Å²) in [6, 6.07) is 0. The van der Waals surface area contributed by atoms with Crippen molar-refractivity contribution in [3.63, 3.8) is 0 Å². The predicted molar refractivity (Wildman–Crippen MR) is 40.7 cm³/mol. The van der Waals surface area contributed by atoms with Gasteiger partial charge in [0.15, 0.2) is 5.13 Å². The zero-order valence-corrected chi connectivity index (χ0v) is 6.03. The second-order valence-electron chi connectivity index (χ2n) is 1.64. The summed E-state index contributed by atoms with van der Waals surface area (Å²) in [6.07, 6.45) is 1.62. The van der Waals surface area contributed by atoms with Crippen LogP contribution in [0.4, 0.5) is 5.13 Å². The fraction of sp³-hybridized carbons (Fsp3) is 0.167. The second kappa shape index (κ2) is 2.64. The molecule has 0 aliphatic rings. The van der Waals surface area contributed by atoms with Gasteiger partial charge in [-0.3, -0.25) is 0 Å². The van der Waals surface area contributed by atoms with Crippen LogP contribution in [-0.2, 0) is 0 Å². The Hall–Kier alpha value is -0.830. The van der Waals surface area contributed by atoms with E-state index in [-0.39, 0.29) is 0 Å². The molecule has 0 spiro atoms. The third-order valence-corrected chi connectivity index (χ3v) is 1.74. The molecule has 1 aromatic heterocycles. The van der Waals surface area contributed by atoms with Crippen molar-refractivity contribution < 1.29 is 0 Å². The lowest BCUT2D eigenvalue weighted by molar-refractivity contribution is 1.26. The van der Waals surface area contributed by atoms with Crippen LogP contribution in [0.5, 0.6) is 0 Å². The zero-order valence-electron chi connectivity index (χ0n) is 5.22. The van der Waals surface area contributed by atoms with Gasteiger partial charge in [-0.05, 0) is 13.1 Å². The van der Waals surface area contributed by atoms with Crippen LogP contribution in [0.25, 0.3) is 0 Å². The smallest absolute Gasteiger partial charge is 0.186 e. The first-order chi connectivity index (χ1) is 4.33. The molecule has 48 valence electrons. The summed E-state index contributed by atoms with van der Waals surface area (Å²) >= 11 is 1.58. The summed E-state index contributed by atoms with van der Waals surface area (Å²) in [5, 5.41) is 5.80. The molecule has 0 aromatic carbocycles. The number of aryl methyl sites for hydroxylation is 1. The molecule has 0 atom stereocenters. The quantitative estimate of drug-likeness (QED) is 0.679. The first-order valence-corrected chi connectivity index (χ1v) is 3.50. The van der Waals surface area contributed by atoms with Crippen molar-refractivity contribution in [2.75, 3.05) is 5.32 Å². The van der Waals surface area contributed by atoms with Gasteiger partial charge < -0.3 is 5.32 Å². The third-order valence-electron chi connectivity index (χ3n) is 0.845. The Morgan fingerprint density at radius 3 is 3.11 bits per heavy atom. The molecular formula is C6H8N2S. The summed E-state index contributed by atoms with van der Waals surface area (Å²) in [7, 11) is 0. The lowest BCUT2D eigenvalue weighted by Crippen LogP contribution is -1.83. The summed E-state index contributed by atoms with van der Waals surface area (Å²) in [6.45, 7) is 5.48. The van der Waals surface area contributed by atoms with E-state index in [1.165, 1.54) is 0 Å². The summed E-state index contributed by atoms with van der Waals surface area (Å²) in [5.41, 5.74) is 1.05. The highest BCUT2D eigenvalue weighted by Gasteiger charge is 1.91. The molecule has 0 radical (unpaired) electrons. The van der Waals surface area contributed by atoms with Gasteiger partial charge in [0.1, 0.15) is 0 Å². The lowest BCUT2D eigenvalue weighted by Gasteiger charge is -1.87. The molecule has 0 saturated heterocycles. The molecule has 3 heteroatoms. The van der Waals surface area contributed by atoms with Gasteiger partial charge in [-0.15, -0.1) is 11.3 Å². The van der Waals surface area contributed by atoms with E-state index in [2.05, 4.69) is 16.9 Å². The van der Waals surface area contributed by atoms with Gasteiger partial charge in [-0.25, -0.2) is 4.98 Å². The summed E-state index contributed by atoms with van der Waals surface area (Å²) in [4.78, 5) is 4.14. The molecule has 0 unspecified atom stereocenters. The van der Waals surface area contributed by atoms with Crippen LogP contribution in [0.2, 0.25) is 0 Å². The molecule has 1 heterocycles. The maximum Gasteiger partial charge on any atom is 0.186 e. The van der Waals surface area contributed by atoms with Crippen LogP contribution in [0, 0.1) is 6.92 Å². The molecule has 1 rings (SSSR count). The number of nitrogens with zero attached hydrogens (tertiary/aromatic N) is 1. The van der Waals surface area contributed by atoms with Crippen molar-refractivity contribution in [3.8, 4) is 0 Å². The van der Waals surface area contributed by atoms with Crippen molar-refractivity contribution in [3.05, 3.63) is 23.9 Å². The number of aromatic nitrogens is 1. The Labute approximate surface area is 58.2 Å². The van der Waals surface area contributed by atoms with Crippen molar-refractivity contribution in [2.24, 2.45) is 0 Å². The number of hydrogen-bond donors (Lipinski definition) is 1. The fourth-order valence-electron chi connectivity index (χ4n) is 0.508. The molecule has 0 aliphatic carbocycles. The van der Waals surface area contributed by atoms with Gasteiger partial charge in [-0.1, -0.05) is 6.58 Å². The van der Waals surface area contributed by atoms with Crippen molar-refractivity contribution in [2.45, 2.75) is 6.92 Å². The van der Waals surface area contributed by atoms with Crippen molar-refractivity contribution in [1.82, 2.24) is 4.98 Å². The molecule has 1 N–H and O–H groups in total. The minimum Gasteiger partial charge on any atom is -0.339 e. The Bertz CT molecular complexity index is 205. The topological polar surface area (TPSA) is 24.9 Å². The number of anilines is 1. The third kappa shape index (κ3) is 1.54. The molecule has 0 fully saturated rings. The highest BCUT2D eigenvalue weighted by Crippen LogP contribution is 2.13. The first kappa shape index (κ1) is 6.29. The largest absolute Gasteiger partial charge is 0.339 e. The Morgan fingerprint density at radius 2 is 2.67 bits per heavy atom. The van der Waals surface area contributed by atoms with E-state index in [1.807, 2.05) is 12.3 Å². The van der Waals surface area contributed by atoms with Gasteiger partial charge in [0.25, 0.3) is 0 Å². The van der Waals surface area contributed by atoms with Gasteiger partial charge in [0, 0.05) is 5.38 Å². The highest BCUT2D eigenvalue weighted by atomic mass is 32.1. The van der Waals surface area contributed by atoms with Gasteiger partial charge >= 0.3 is 0 Å². The summed E-state index contributed by atoms with van der Waals surface area (Å²) in [5.74, 6) is 0. The highest BCUT2D eigenvalue weighted by molar-refractivity contribution is 7.13. The van der Waals surface area contributed by atoms with Crippen LogP contribution in [-0.4, -0.2) is 4.98 Å². The Balaban J connectivity index is 2.72. The number of hydrogen-bond acceptors (Lipinski definition) is 3. The van der Waals surface area contributed by atoms with E-state index in [0.717, 1.165) is 10.8 Å². The van der Waals surface area contributed by atoms with Gasteiger partial charge in [0.05, 0.1) is 5.69 Å². The van der Waals surface area contributed by atoms with E-state index in [1.54, 1.807) is 17.5 Å². The molecule has 0 aliphatic heterocycles. The minimum atomic E-state index is 0.905. The maximum absolute atomic E-state index is 4.14. The fourth-order valence-corrected chi connectivity index (χ4v) is 1.19. The van der Waals surface area contributed by atoms with Crippen LogP contribution in [0.1, 0.15) is 5.69 Å². The van der Waals surface area contributed by atoms with E-state index in [0.29, 0.717) is 0 Å². The average Bonchev–Trinajstić information content (AvgIpc) is 2.17.